The van der Waals surface area contributed by atoms with Crippen LogP contribution in [0.5, 0.6) is 0 Å². The van der Waals surface area contributed by atoms with Gasteiger partial charge < -0.3 is 5.32 Å². The normalized spacial score (nSPS) is 16.4. The van der Waals surface area contributed by atoms with Crippen LogP contribution in [-0.2, 0) is 0 Å². The molecule has 0 radical (unpaired) electrons. The number of hydrogen-bond donors (Lipinski definition) is 1. The van der Waals surface area contributed by atoms with E-state index >= 15 is 0 Å². The Kier molecular flexibility index (Phi) is 2.77. The van der Waals surface area contributed by atoms with Gasteiger partial charge in [0.25, 0.3) is 0 Å². The minimum Gasteiger partial charge on any atom is -0.338 e. The van der Waals surface area contributed by atoms with Crippen molar-refractivity contribution in [2.24, 2.45) is 0 Å². The fraction of sp³-hybridized carbons (Fsp3) is 0.300. The van der Waals surface area contributed by atoms with Gasteiger partial charge in [-0.1, -0.05) is 17.7 Å². The zero-order valence-corrected chi connectivity index (χ0v) is 8.72. The quantitative estimate of drug-likeness (QED) is 0.787. The van der Waals surface area contributed by atoms with Crippen LogP contribution >= 0.6 is 11.6 Å². The molecule has 1 aromatic carbocycles. The molecule has 0 unspecified atom stereocenters. The molecule has 0 atom stereocenters. The van der Waals surface area contributed by atoms with Crippen LogP contribution < -0.4 is 10.2 Å². The highest BCUT2D eigenvalue weighted by molar-refractivity contribution is 6.33. The summed E-state index contributed by atoms with van der Waals surface area (Å²) in [5.41, 5.74) is 0.163. The van der Waals surface area contributed by atoms with Gasteiger partial charge in [0, 0.05) is 13.1 Å². The Morgan fingerprint density at radius 3 is 2.93 bits per heavy atom. The molecule has 1 N–H and O–H groups in total. The van der Waals surface area contributed by atoms with E-state index in [0.29, 0.717) is 13.1 Å². The second kappa shape index (κ2) is 4.06. The topological polar surface area (TPSA) is 32.3 Å². The Bertz CT molecular complexity index is 377. The number of carbonyl (C=O) groups excluding carboxylic acids is 1. The maximum Gasteiger partial charge on any atom is 0.322 e. The minimum atomic E-state index is -0.473. The lowest BCUT2D eigenvalue weighted by atomic mass is 10.2. The number of carbonyl (C=O) groups is 1. The molecule has 15 heavy (non-hydrogen) atoms. The zero-order valence-electron chi connectivity index (χ0n) is 7.96. The van der Waals surface area contributed by atoms with Crippen molar-refractivity contribution < 1.29 is 9.18 Å². The molecule has 0 bridgehead atoms. The second-order valence-electron chi connectivity index (χ2n) is 3.31. The van der Waals surface area contributed by atoms with E-state index < -0.39 is 5.82 Å². The largest absolute Gasteiger partial charge is 0.338 e. The van der Waals surface area contributed by atoms with Crippen LogP contribution in [-0.4, -0.2) is 19.1 Å². The Morgan fingerprint density at radius 1 is 1.47 bits per heavy atom. The number of amides is 2. The van der Waals surface area contributed by atoms with Crippen LogP contribution in [0, 0.1) is 5.82 Å². The lowest BCUT2D eigenvalue weighted by Gasteiger charge is -2.28. The molecule has 3 nitrogen and oxygen atoms in total. The summed E-state index contributed by atoms with van der Waals surface area (Å²) in [5.74, 6) is -0.473. The van der Waals surface area contributed by atoms with Gasteiger partial charge >= 0.3 is 6.03 Å². The smallest absolute Gasteiger partial charge is 0.322 e. The molecule has 0 aliphatic carbocycles. The SMILES string of the molecule is O=C1NCCCN1c1c(F)cccc1Cl. The number of nitrogens with zero attached hydrogens (tertiary/aromatic N) is 1. The van der Waals surface area contributed by atoms with Crippen LogP contribution in [0.3, 0.4) is 0 Å². The number of nitrogens with one attached hydrogen (secondary N) is 1. The zero-order chi connectivity index (χ0) is 10.8. The van der Waals surface area contributed by atoms with Gasteiger partial charge in [0.2, 0.25) is 0 Å². The van der Waals surface area contributed by atoms with Gasteiger partial charge in [-0.25, -0.2) is 9.18 Å². The Balaban J connectivity index is 2.39. The highest BCUT2D eigenvalue weighted by atomic mass is 35.5. The molecule has 0 aromatic heterocycles. The molecule has 0 saturated carbocycles. The predicted molar refractivity (Wildman–Crippen MR) is 56.8 cm³/mol. The van der Waals surface area contributed by atoms with Crippen molar-refractivity contribution in [3.63, 3.8) is 0 Å². The third-order valence-corrected chi connectivity index (χ3v) is 2.59. The summed E-state index contributed by atoms with van der Waals surface area (Å²) in [4.78, 5) is 12.8. The van der Waals surface area contributed by atoms with Gasteiger partial charge in [0.05, 0.1) is 10.7 Å². The van der Waals surface area contributed by atoms with Crippen LogP contribution in [0.2, 0.25) is 5.02 Å². The van der Waals surface area contributed by atoms with Crippen molar-refractivity contribution in [1.29, 1.82) is 0 Å². The molecule has 1 aliphatic heterocycles. The van der Waals surface area contributed by atoms with Crippen molar-refractivity contribution in [1.82, 2.24) is 5.32 Å². The lowest BCUT2D eigenvalue weighted by Crippen LogP contribution is -2.47. The maximum absolute atomic E-state index is 13.5. The van der Waals surface area contributed by atoms with Crippen molar-refractivity contribution in [3.05, 3.63) is 29.0 Å². The third-order valence-electron chi connectivity index (χ3n) is 2.29. The summed E-state index contributed by atoms with van der Waals surface area (Å²) >= 11 is 5.87. The highest BCUT2D eigenvalue weighted by Gasteiger charge is 2.23. The number of urea groups is 1. The fourth-order valence-corrected chi connectivity index (χ4v) is 1.85. The van der Waals surface area contributed by atoms with Crippen LogP contribution in [0.4, 0.5) is 14.9 Å². The molecular formula is C10H10ClFN2O. The van der Waals surface area contributed by atoms with Gasteiger partial charge in [-0.3, -0.25) is 4.90 Å². The molecule has 1 heterocycles. The monoisotopic (exact) mass is 228 g/mol. The molecule has 2 rings (SSSR count). The number of hydrogen-bond acceptors (Lipinski definition) is 1. The average molecular weight is 229 g/mol. The van der Waals surface area contributed by atoms with Gasteiger partial charge in [0.15, 0.2) is 0 Å². The first-order valence-electron chi connectivity index (χ1n) is 4.69. The third kappa shape index (κ3) is 1.90. The summed E-state index contributed by atoms with van der Waals surface area (Å²) in [7, 11) is 0. The summed E-state index contributed by atoms with van der Waals surface area (Å²) in [6.07, 6.45) is 0.788. The number of halogens is 2. The number of benzene rings is 1. The summed E-state index contributed by atoms with van der Waals surface area (Å²) < 4.78 is 13.5. The Hall–Kier alpha value is -1.29. The molecule has 1 fully saturated rings. The lowest BCUT2D eigenvalue weighted by molar-refractivity contribution is 0.242. The Labute approximate surface area is 91.8 Å². The van der Waals surface area contributed by atoms with Crippen LogP contribution in [0.1, 0.15) is 6.42 Å². The summed E-state index contributed by atoms with van der Waals surface area (Å²) in [5, 5.41) is 2.90. The molecule has 5 heteroatoms. The van der Waals surface area contributed by atoms with Gasteiger partial charge in [-0.05, 0) is 18.6 Å². The average Bonchev–Trinajstić information content (AvgIpc) is 2.20. The van der Waals surface area contributed by atoms with E-state index in [-0.39, 0.29) is 16.7 Å². The van der Waals surface area contributed by atoms with Gasteiger partial charge in [0.1, 0.15) is 5.82 Å². The van der Waals surface area contributed by atoms with Crippen molar-refractivity contribution in [3.8, 4) is 0 Å². The van der Waals surface area contributed by atoms with Crippen molar-refractivity contribution in [2.45, 2.75) is 6.42 Å². The van der Waals surface area contributed by atoms with Crippen LogP contribution in [0.15, 0.2) is 18.2 Å². The minimum absolute atomic E-state index is 0.163. The Morgan fingerprint density at radius 2 is 2.27 bits per heavy atom. The number of rotatable bonds is 1. The fourth-order valence-electron chi connectivity index (χ4n) is 1.59. The van der Waals surface area contributed by atoms with Gasteiger partial charge in [-0.15, -0.1) is 0 Å². The predicted octanol–water partition coefficient (Wildman–Crippen LogP) is 2.40. The summed E-state index contributed by atoms with van der Waals surface area (Å²) in [6, 6.07) is 4.08. The first-order chi connectivity index (χ1) is 7.20. The number of anilines is 1. The number of para-hydroxylation sites is 1. The molecule has 80 valence electrons. The first-order valence-corrected chi connectivity index (χ1v) is 5.07. The van der Waals surface area contributed by atoms with E-state index in [9.17, 15) is 9.18 Å². The summed E-state index contributed by atoms with van der Waals surface area (Å²) in [6.45, 7) is 1.12. The second-order valence-corrected chi connectivity index (χ2v) is 3.71. The standard InChI is InChI=1S/C10H10ClFN2O/c11-7-3-1-4-8(12)9(7)14-6-2-5-13-10(14)15/h1,3-4H,2,5-6H2,(H,13,15). The maximum atomic E-state index is 13.5. The van der Waals surface area contributed by atoms with Crippen molar-refractivity contribution >= 4 is 23.3 Å². The first kappa shape index (κ1) is 10.2. The van der Waals surface area contributed by atoms with E-state index in [1.807, 2.05) is 0 Å². The van der Waals surface area contributed by atoms with Crippen LogP contribution in [0.25, 0.3) is 0 Å². The van der Waals surface area contributed by atoms with E-state index in [1.165, 1.54) is 17.0 Å². The molecule has 0 spiro atoms. The molecular weight excluding hydrogens is 219 g/mol. The molecule has 1 aromatic rings. The van der Waals surface area contributed by atoms with E-state index in [0.717, 1.165) is 6.42 Å². The van der Waals surface area contributed by atoms with E-state index in [4.69, 9.17) is 11.6 Å². The molecule has 2 amide bonds. The van der Waals surface area contributed by atoms with Gasteiger partial charge in [-0.2, -0.15) is 0 Å². The highest BCUT2D eigenvalue weighted by Crippen LogP contribution is 2.29. The van der Waals surface area contributed by atoms with Crippen molar-refractivity contribution in [2.75, 3.05) is 18.0 Å². The van der Waals surface area contributed by atoms with E-state index in [1.54, 1.807) is 6.07 Å². The van der Waals surface area contributed by atoms with E-state index in [2.05, 4.69) is 5.32 Å². The molecule has 1 aliphatic rings. The molecule has 1 saturated heterocycles.